The lowest BCUT2D eigenvalue weighted by molar-refractivity contribution is 0.0524. The number of nitrogens with zero attached hydrogens (tertiary/aromatic N) is 3. The van der Waals surface area contributed by atoms with Crippen molar-refractivity contribution >= 4 is 16.0 Å². The molecular weight excluding hydrogens is 683 g/mol. The lowest BCUT2D eigenvalue weighted by atomic mass is 9.82. The first-order valence-electron chi connectivity index (χ1n) is 16.2. The van der Waals surface area contributed by atoms with Crippen LogP contribution in [-0.2, 0) is 27.5 Å². The van der Waals surface area contributed by atoms with Crippen molar-refractivity contribution in [1.29, 1.82) is 0 Å². The molecule has 1 fully saturated rings. The molecule has 5 aromatic rings. The second-order valence-corrected chi connectivity index (χ2v) is 13.9. The minimum absolute atomic E-state index is 0.0359. The quantitative estimate of drug-likeness (QED) is 0.144. The SMILES string of the molecule is CS(=O)(=O)OC(C(c1ccc(F)cc1)c1cccc(F)c1F)C1CCCN1C(=O)c1nn(Cc2ccccc2)cc(OCc2ccccc2)c1=O. The first kappa shape index (κ1) is 35.6. The molecule has 3 atom stereocenters. The van der Waals surface area contributed by atoms with Gasteiger partial charge in [0.15, 0.2) is 23.1 Å². The maximum Gasteiger partial charge on any atom is 0.278 e. The van der Waals surface area contributed by atoms with Crippen LogP contribution in [0.2, 0.25) is 0 Å². The highest BCUT2D eigenvalue weighted by Gasteiger charge is 2.44. The molecule has 9 nitrogen and oxygen atoms in total. The Balaban J connectivity index is 1.43. The third-order valence-corrected chi connectivity index (χ3v) is 9.23. The molecule has 1 amide bonds. The molecule has 4 aromatic carbocycles. The molecule has 1 aliphatic heterocycles. The number of hydrogen-bond acceptors (Lipinski definition) is 7. The first-order valence-corrected chi connectivity index (χ1v) is 18.0. The normalized spacial score (nSPS) is 15.8. The summed E-state index contributed by atoms with van der Waals surface area (Å²) in [6.45, 7) is 0.301. The van der Waals surface area contributed by atoms with Gasteiger partial charge in [0.25, 0.3) is 21.5 Å². The summed E-state index contributed by atoms with van der Waals surface area (Å²) < 4.78 is 82.8. The van der Waals surface area contributed by atoms with Gasteiger partial charge in [0.1, 0.15) is 18.5 Å². The van der Waals surface area contributed by atoms with Gasteiger partial charge in [-0.1, -0.05) is 84.9 Å². The van der Waals surface area contributed by atoms with Crippen molar-refractivity contribution in [2.24, 2.45) is 0 Å². The fourth-order valence-corrected chi connectivity index (χ4v) is 7.03. The molecule has 0 N–H and O–H groups in total. The molecule has 0 bridgehead atoms. The van der Waals surface area contributed by atoms with Crippen molar-refractivity contribution < 1.29 is 35.3 Å². The van der Waals surface area contributed by atoms with Gasteiger partial charge in [-0.25, -0.2) is 13.2 Å². The van der Waals surface area contributed by atoms with E-state index in [1.807, 2.05) is 60.7 Å². The molecule has 1 aromatic heterocycles. The molecular formula is C38H34F3N3O6S. The molecule has 6 rings (SSSR count). The molecule has 0 saturated carbocycles. The van der Waals surface area contributed by atoms with E-state index in [9.17, 15) is 26.8 Å². The summed E-state index contributed by atoms with van der Waals surface area (Å²) in [4.78, 5) is 29.6. The van der Waals surface area contributed by atoms with Gasteiger partial charge >= 0.3 is 0 Å². The van der Waals surface area contributed by atoms with Crippen LogP contribution in [0.1, 0.15) is 51.5 Å². The highest BCUT2D eigenvalue weighted by Crippen LogP contribution is 2.39. The third-order valence-electron chi connectivity index (χ3n) is 8.66. The number of carbonyl (C=O) groups excluding carboxylic acids is 1. The lowest BCUT2D eigenvalue weighted by Gasteiger charge is -2.36. The summed E-state index contributed by atoms with van der Waals surface area (Å²) in [6.07, 6.45) is 1.26. The molecule has 51 heavy (non-hydrogen) atoms. The van der Waals surface area contributed by atoms with Gasteiger partial charge in [-0.3, -0.25) is 18.5 Å². The van der Waals surface area contributed by atoms with E-state index in [0.717, 1.165) is 35.6 Å². The topological polar surface area (TPSA) is 108 Å². The zero-order valence-corrected chi connectivity index (χ0v) is 28.3. The summed E-state index contributed by atoms with van der Waals surface area (Å²) in [5.74, 6) is -5.32. The average molecular weight is 718 g/mol. The Bertz CT molecular complexity index is 2170. The predicted molar refractivity (Wildman–Crippen MR) is 183 cm³/mol. The van der Waals surface area contributed by atoms with Crippen molar-refractivity contribution in [2.45, 2.75) is 44.1 Å². The molecule has 3 unspecified atom stereocenters. The van der Waals surface area contributed by atoms with Gasteiger partial charge in [0, 0.05) is 18.0 Å². The molecule has 1 saturated heterocycles. The van der Waals surface area contributed by atoms with Crippen LogP contribution < -0.4 is 10.2 Å². The maximum atomic E-state index is 15.5. The molecule has 0 spiro atoms. The van der Waals surface area contributed by atoms with Crippen LogP contribution in [0.4, 0.5) is 13.2 Å². The van der Waals surface area contributed by atoms with Gasteiger partial charge < -0.3 is 9.64 Å². The van der Waals surface area contributed by atoms with Gasteiger partial charge in [-0.2, -0.15) is 13.5 Å². The number of amides is 1. The van der Waals surface area contributed by atoms with Crippen LogP contribution in [0.15, 0.2) is 114 Å². The highest BCUT2D eigenvalue weighted by atomic mass is 32.2. The summed E-state index contributed by atoms with van der Waals surface area (Å²) >= 11 is 0. The van der Waals surface area contributed by atoms with Crippen LogP contribution in [0.3, 0.4) is 0 Å². The summed E-state index contributed by atoms with van der Waals surface area (Å²) in [5, 5.41) is 4.42. The van der Waals surface area contributed by atoms with Gasteiger partial charge in [0.2, 0.25) is 0 Å². The number of halogens is 3. The van der Waals surface area contributed by atoms with E-state index in [4.69, 9.17) is 8.92 Å². The van der Waals surface area contributed by atoms with E-state index in [1.54, 1.807) is 0 Å². The van der Waals surface area contributed by atoms with Crippen LogP contribution in [-0.4, -0.2) is 54.0 Å². The Morgan fingerprint density at radius 3 is 2.24 bits per heavy atom. The molecule has 2 heterocycles. The summed E-state index contributed by atoms with van der Waals surface area (Å²) in [7, 11) is -4.29. The standard InChI is InChI=1S/C38H34F3N3O6S/c1-51(47,48)50-37(33(27-17-19-28(39)20-18-27)29-14-8-15-30(40)34(29)41)31-16-9-21-44(31)38(46)35-36(45)32(49-24-26-12-6-3-7-13-26)23-43(42-35)22-25-10-4-2-5-11-25/h2-8,10-15,17-20,23,31,33,37H,9,16,21-22,24H2,1H3. The Morgan fingerprint density at radius 1 is 0.902 bits per heavy atom. The van der Waals surface area contributed by atoms with Crippen LogP contribution in [0.25, 0.3) is 0 Å². The van der Waals surface area contributed by atoms with Crippen LogP contribution in [0.5, 0.6) is 5.75 Å². The smallest absolute Gasteiger partial charge is 0.278 e. The van der Waals surface area contributed by atoms with E-state index in [0.29, 0.717) is 6.42 Å². The second-order valence-electron chi connectivity index (χ2n) is 12.3. The maximum absolute atomic E-state index is 15.5. The zero-order chi connectivity index (χ0) is 36.1. The van der Waals surface area contributed by atoms with Crippen molar-refractivity contribution in [3.05, 3.63) is 165 Å². The van der Waals surface area contributed by atoms with E-state index in [2.05, 4.69) is 5.10 Å². The number of aromatic nitrogens is 2. The summed E-state index contributed by atoms with van der Waals surface area (Å²) in [5.41, 5.74) is 0.325. The number of carbonyl (C=O) groups is 1. The minimum atomic E-state index is -4.29. The van der Waals surface area contributed by atoms with Crippen molar-refractivity contribution in [3.63, 3.8) is 0 Å². The minimum Gasteiger partial charge on any atom is -0.483 e. The molecule has 264 valence electrons. The molecule has 13 heteroatoms. The Morgan fingerprint density at radius 2 is 1.57 bits per heavy atom. The van der Waals surface area contributed by atoms with Crippen molar-refractivity contribution in [3.8, 4) is 5.75 Å². The Kier molecular flexibility index (Phi) is 10.7. The molecule has 0 radical (unpaired) electrons. The zero-order valence-electron chi connectivity index (χ0n) is 27.5. The van der Waals surface area contributed by atoms with E-state index in [-0.39, 0.29) is 43.0 Å². The molecule has 0 aliphatic carbocycles. The number of rotatable bonds is 12. The third kappa shape index (κ3) is 8.38. The van der Waals surface area contributed by atoms with Crippen molar-refractivity contribution in [2.75, 3.05) is 12.8 Å². The highest BCUT2D eigenvalue weighted by molar-refractivity contribution is 7.86. The Labute approximate surface area is 293 Å². The summed E-state index contributed by atoms with van der Waals surface area (Å²) in [6, 6.07) is 25.6. The monoisotopic (exact) mass is 717 g/mol. The van der Waals surface area contributed by atoms with Gasteiger partial charge in [-0.15, -0.1) is 0 Å². The lowest BCUT2D eigenvalue weighted by Crippen LogP contribution is -2.48. The van der Waals surface area contributed by atoms with Gasteiger partial charge in [0.05, 0.1) is 25.0 Å². The van der Waals surface area contributed by atoms with Crippen molar-refractivity contribution in [1.82, 2.24) is 14.7 Å². The largest absolute Gasteiger partial charge is 0.483 e. The van der Waals surface area contributed by atoms with Crippen LogP contribution in [0, 0.1) is 17.5 Å². The van der Waals surface area contributed by atoms with E-state index < -0.39 is 62.7 Å². The average Bonchev–Trinajstić information content (AvgIpc) is 3.61. The van der Waals surface area contributed by atoms with E-state index >= 15 is 4.39 Å². The number of ether oxygens (including phenoxy) is 1. The fraction of sp³-hybridized carbons (Fsp3) is 0.237. The van der Waals surface area contributed by atoms with Crippen LogP contribution >= 0.6 is 0 Å². The van der Waals surface area contributed by atoms with Gasteiger partial charge in [-0.05, 0) is 47.7 Å². The second kappa shape index (κ2) is 15.3. The first-order chi connectivity index (χ1) is 24.5. The number of benzene rings is 4. The van der Waals surface area contributed by atoms with E-state index in [1.165, 1.54) is 40.0 Å². The number of likely N-dealkylation sites (tertiary alicyclic amines) is 1. The Hall–Kier alpha value is -5.27. The molecule has 1 aliphatic rings. The fourth-order valence-electron chi connectivity index (χ4n) is 6.39. The predicted octanol–water partition coefficient (Wildman–Crippen LogP) is 6.07. The number of hydrogen-bond donors (Lipinski definition) is 0.